The molecule has 1 spiro atoms. The van der Waals surface area contributed by atoms with E-state index in [4.69, 9.17) is 9.47 Å². The Labute approximate surface area is 138 Å². The molecule has 3 nitrogen and oxygen atoms in total. The monoisotopic (exact) mass is 313 g/mol. The van der Waals surface area contributed by atoms with Crippen molar-refractivity contribution in [1.29, 1.82) is 0 Å². The molecule has 0 amide bonds. The van der Waals surface area contributed by atoms with Crippen LogP contribution in [0, 0.1) is 11.3 Å². The lowest BCUT2D eigenvalue weighted by Gasteiger charge is -2.41. The maximum Gasteiger partial charge on any atom is 0.168 e. The van der Waals surface area contributed by atoms with Gasteiger partial charge in [0.1, 0.15) is 0 Å². The van der Waals surface area contributed by atoms with Crippen LogP contribution < -0.4 is 0 Å². The minimum absolute atomic E-state index is 0. The molecule has 0 radical (unpaired) electrons. The number of likely N-dealkylation sites (N-methyl/N-ethyl adjacent to an activating group) is 1. The third kappa shape index (κ3) is 4.94. The normalized spacial score (nSPS) is 32.5. The lowest BCUT2D eigenvalue weighted by Crippen LogP contribution is -2.40. The summed E-state index contributed by atoms with van der Waals surface area (Å²) in [7, 11) is 0. The van der Waals surface area contributed by atoms with Crippen molar-refractivity contribution in [2.75, 3.05) is 26.2 Å². The summed E-state index contributed by atoms with van der Waals surface area (Å²) in [5.41, 5.74) is 0.416. The van der Waals surface area contributed by atoms with Gasteiger partial charge in [-0.05, 0) is 43.7 Å². The van der Waals surface area contributed by atoms with Gasteiger partial charge in [-0.1, -0.05) is 42.0 Å². The van der Waals surface area contributed by atoms with Gasteiger partial charge in [-0.2, -0.15) is 0 Å². The zero-order valence-corrected chi connectivity index (χ0v) is 14.8. The van der Waals surface area contributed by atoms with Gasteiger partial charge in [0.25, 0.3) is 0 Å². The van der Waals surface area contributed by atoms with Gasteiger partial charge in [0, 0.05) is 19.4 Å². The van der Waals surface area contributed by atoms with Gasteiger partial charge >= 0.3 is 0 Å². The maximum absolute atomic E-state index is 6.37. The van der Waals surface area contributed by atoms with Gasteiger partial charge < -0.3 is 14.4 Å². The third-order valence-electron chi connectivity index (χ3n) is 5.33. The Balaban J connectivity index is 0.00000242. The molecule has 22 heavy (non-hydrogen) atoms. The predicted octanol–water partition coefficient (Wildman–Crippen LogP) is 4.70. The molecular formula is C19H39NO2. The Kier molecular flexibility index (Phi) is 7.35. The van der Waals surface area contributed by atoms with E-state index in [1.54, 1.807) is 0 Å². The molecule has 0 N–H and O–H groups in total. The van der Waals surface area contributed by atoms with E-state index in [1.165, 1.54) is 19.3 Å². The topological polar surface area (TPSA) is 21.7 Å². The predicted molar refractivity (Wildman–Crippen MR) is 94.1 cm³/mol. The molecule has 1 heterocycles. The molecule has 132 valence electrons. The summed E-state index contributed by atoms with van der Waals surface area (Å²) in [6, 6.07) is 0. The fourth-order valence-electron chi connectivity index (χ4n) is 3.88. The van der Waals surface area contributed by atoms with Gasteiger partial charge in [-0.15, -0.1) is 0 Å². The van der Waals surface area contributed by atoms with Crippen molar-refractivity contribution in [2.24, 2.45) is 11.3 Å². The highest BCUT2D eigenvalue weighted by atomic mass is 16.7. The second kappa shape index (κ2) is 8.12. The Morgan fingerprint density at radius 2 is 1.77 bits per heavy atom. The van der Waals surface area contributed by atoms with Crippen molar-refractivity contribution >= 4 is 0 Å². The molecule has 1 unspecified atom stereocenters. The standard InChI is InChI=1S/C18H35NO2.CH4/c1-6-12-19(7-2)13-16-14-20-18(21-16)10-8-15(9-11-18)17(3,4)5;/h15-16H,6-14H2,1-5H3;1H4. The highest BCUT2D eigenvalue weighted by Gasteiger charge is 2.45. The van der Waals surface area contributed by atoms with E-state index in [1.807, 2.05) is 0 Å². The van der Waals surface area contributed by atoms with Crippen molar-refractivity contribution in [3.8, 4) is 0 Å². The molecule has 1 atom stereocenters. The van der Waals surface area contributed by atoms with E-state index >= 15 is 0 Å². The molecule has 0 aromatic carbocycles. The average molecular weight is 314 g/mol. The van der Waals surface area contributed by atoms with Crippen LogP contribution in [0.1, 0.15) is 74.1 Å². The van der Waals surface area contributed by atoms with Crippen LogP contribution in [0.15, 0.2) is 0 Å². The summed E-state index contributed by atoms with van der Waals surface area (Å²) in [5, 5.41) is 0. The largest absolute Gasteiger partial charge is 0.347 e. The van der Waals surface area contributed by atoms with E-state index in [0.717, 1.165) is 45.0 Å². The first-order chi connectivity index (χ1) is 9.88. The lowest BCUT2D eigenvalue weighted by atomic mass is 9.71. The van der Waals surface area contributed by atoms with Gasteiger partial charge in [0.05, 0.1) is 12.7 Å². The first-order valence-electron chi connectivity index (χ1n) is 8.92. The van der Waals surface area contributed by atoms with E-state index in [0.29, 0.717) is 5.41 Å². The minimum Gasteiger partial charge on any atom is -0.347 e. The molecular weight excluding hydrogens is 274 g/mol. The van der Waals surface area contributed by atoms with Crippen LogP contribution in [0.25, 0.3) is 0 Å². The van der Waals surface area contributed by atoms with Crippen LogP contribution in [0.3, 0.4) is 0 Å². The highest BCUT2D eigenvalue weighted by Crippen LogP contribution is 2.45. The highest BCUT2D eigenvalue weighted by molar-refractivity contribution is 4.89. The Hall–Kier alpha value is -0.120. The molecule has 1 saturated carbocycles. The summed E-state index contributed by atoms with van der Waals surface area (Å²) in [4.78, 5) is 2.48. The van der Waals surface area contributed by atoms with E-state index in [9.17, 15) is 0 Å². The third-order valence-corrected chi connectivity index (χ3v) is 5.33. The fraction of sp³-hybridized carbons (Fsp3) is 1.00. The first-order valence-corrected chi connectivity index (χ1v) is 8.92. The smallest absolute Gasteiger partial charge is 0.168 e. The van der Waals surface area contributed by atoms with E-state index in [2.05, 4.69) is 39.5 Å². The molecule has 0 aromatic heterocycles. The number of hydrogen-bond acceptors (Lipinski definition) is 3. The molecule has 1 aliphatic heterocycles. The summed E-state index contributed by atoms with van der Waals surface area (Å²) in [6.07, 6.45) is 6.10. The number of hydrogen-bond donors (Lipinski definition) is 0. The minimum atomic E-state index is -0.252. The molecule has 0 aromatic rings. The lowest BCUT2D eigenvalue weighted by molar-refractivity contribution is -0.197. The molecule has 2 aliphatic rings. The summed E-state index contributed by atoms with van der Waals surface area (Å²) < 4.78 is 12.5. The van der Waals surface area contributed by atoms with Crippen LogP contribution in [0.2, 0.25) is 0 Å². The van der Waals surface area contributed by atoms with Gasteiger partial charge in [0.15, 0.2) is 5.79 Å². The quantitative estimate of drug-likeness (QED) is 0.734. The van der Waals surface area contributed by atoms with Crippen molar-refractivity contribution in [3.05, 3.63) is 0 Å². The molecule has 0 bridgehead atoms. The molecule has 2 rings (SSSR count). The Bertz CT molecular complexity index is 316. The summed E-state index contributed by atoms with van der Waals surface area (Å²) >= 11 is 0. The maximum atomic E-state index is 6.37. The van der Waals surface area contributed by atoms with Crippen molar-refractivity contribution in [2.45, 2.75) is 86.0 Å². The average Bonchev–Trinajstić information content (AvgIpc) is 2.80. The van der Waals surface area contributed by atoms with E-state index in [-0.39, 0.29) is 19.3 Å². The zero-order valence-electron chi connectivity index (χ0n) is 14.8. The molecule has 2 fully saturated rings. The number of rotatable bonds is 5. The Morgan fingerprint density at radius 1 is 1.14 bits per heavy atom. The van der Waals surface area contributed by atoms with Crippen molar-refractivity contribution < 1.29 is 9.47 Å². The van der Waals surface area contributed by atoms with E-state index < -0.39 is 0 Å². The van der Waals surface area contributed by atoms with Gasteiger partial charge in [-0.25, -0.2) is 0 Å². The van der Waals surface area contributed by atoms with Crippen LogP contribution >= 0.6 is 0 Å². The second-order valence-corrected chi connectivity index (χ2v) is 8.00. The fourth-order valence-corrected chi connectivity index (χ4v) is 3.88. The molecule has 3 heteroatoms. The van der Waals surface area contributed by atoms with Crippen LogP contribution in [0.5, 0.6) is 0 Å². The number of ether oxygens (including phenoxy) is 2. The number of nitrogens with zero attached hydrogens (tertiary/aromatic N) is 1. The van der Waals surface area contributed by atoms with Gasteiger partial charge in [-0.3, -0.25) is 0 Å². The molecule has 1 aliphatic carbocycles. The van der Waals surface area contributed by atoms with Crippen LogP contribution in [0.4, 0.5) is 0 Å². The zero-order chi connectivity index (χ0) is 15.5. The van der Waals surface area contributed by atoms with Crippen LogP contribution in [-0.2, 0) is 9.47 Å². The van der Waals surface area contributed by atoms with Crippen molar-refractivity contribution in [3.63, 3.8) is 0 Å². The second-order valence-electron chi connectivity index (χ2n) is 8.00. The SMILES string of the molecule is C.CCCN(CC)CC1COC2(CCC(C(C)(C)C)CC2)O1. The molecule has 1 saturated heterocycles. The Morgan fingerprint density at radius 3 is 2.27 bits per heavy atom. The summed E-state index contributed by atoms with van der Waals surface area (Å²) in [6.45, 7) is 15.6. The van der Waals surface area contributed by atoms with Crippen molar-refractivity contribution in [1.82, 2.24) is 4.90 Å². The van der Waals surface area contributed by atoms with Crippen LogP contribution in [-0.4, -0.2) is 43.0 Å². The van der Waals surface area contributed by atoms with Gasteiger partial charge in [0.2, 0.25) is 0 Å². The first kappa shape index (κ1) is 19.9. The summed E-state index contributed by atoms with van der Waals surface area (Å²) in [5.74, 6) is 0.555.